The molecule has 0 radical (unpaired) electrons. The molecule has 2 rings (SSSR count). The number of benzene rings is 1. The van der Waals surface area contributed by atoms with Crippen LogP contribution in [0.15, 0.2) is 18.3 Å². The van der Waals surface area contributed by atoms with E-state index >= 15 is 0 Å². The topological polar surface area (TPSA) is 90.1 Å². The zero-order valence-corrected chi connectivity index (χ0v) is 11.1. The first-order chi connectivity index (χ1) is 9.79. The molecule has 0 aliphatic heterocycles. The van der Waals surface area contributed by atoms with Crippen molar-refractivity contribution in [2.24, 2.45) is 7.05 Å². The van der Waals surface area contributed by atoms with E-state index in [1.165, 1.54) is 10.9 Å². The van der Waals surface area contributed by atoms with Crippen LogP contribution in [0.4, 0.5) is 20.2 Å². The summed E-state index contributed by atoms with van der Waals surface area (Å²) in [6.45, 7) is 1.61. The van der Waals surface area contributed by atoms with E-state index in [1.807, 2.05) is 0 Å². The molecule has 110 valence electrons. The number of nitro benzene ring substituents is 1. The average molecular weight is 296 g/mol. The smallest absolute Gasteiger partial charge is 0.308 e. The van der Waals surface area contributed by atoms with Crippen LogP contribution in [0.3, 0.4) is 0 Å². The van der Waals surface area contributed by atoms with Crippen LogP contribution in [0, 0.1) is 28.7 Å². The number of hydrogen-bond acceptors (Lipinski definition) is 4. The minimum Gasteiger partial charge on any atom is -0.319 e. The Morgan fingerprint density at radius 2 is 2.10 bits per heavy atom. The third-order valence-corrected chi connectivity index (χ3v) is 2.72. The van der Waals surface area contributed by atoms with Crippen LogP contribution in [0.1, 0.15) is 16.1 Å². The number of halogens is 2. The molecule has 0 fully saturated rings. The monoisotopic (exact) mass is 296 g/mol. The van der Waals surface area contributed by atoms with E-state index in [-0.39, 0.29) is 0 Å². The molecule has 1 N–H and O–H groups in total. The number of carbonyl (C=O) groups is 1. The number of carbonyl (C=O) groups excluding carboxylic acids is 1. The van der Waals surface area contributed by atoms with Gasteiger partial charge in [-0.25, -0.2) is 4.39 Å². The molecule has 1 aromatic carbocycles. The predicted octanol–water partition coefficient (Wildman–Crippen LogP) is 2.17. The molecule has 0 unspecified atom stereocenters. The summed E-state index contributed by atoms with van der Waals surface area (Å²) in [5, 5.41) is 16.9. The van der Waals surface area contributed by atoms with Crippen molar-refractivity contribution in [3.8, 4) is 0 Å². The second-order valence-corrected chi connectivity index (χ2v) is 4.30. The summed E-state index contributed by atoms with van der Waals surface area (Å²) in [6.07, 6.45) is 1.47. The van der Waals surface area contributed by atoms with E-state index in [0.29, 0.717) is 23.5 Å². The van der Waals surface area contributed by atoms with E-state index in [0.717, 1.165) is 0 Å². The minimum absolute atomic E-state index is 0.300. The number of nitrogens with zero attached hydrogens (tertiary/aromatic N) is 3. The van der Waals surface area contributed by atoms with E-state index in [2.05, 4.69) is 10.4 Å². The fourth-order valence-electron chi connectivity index (χ4n) is 1.78. The first-order valence-corrected chi connectivity index (χ1v) is 5.74. The highest BCUT2D eigenvalue weighted by molar-refractivity contribution is 6.05. The molecular formula is C12H10F2N4O3. The lowest BCUT2D eigenvalue weighted by atomic mass is 10.1. The Bertz CT molecular complexity index is 742. The summed E-state index contributed by atoms with van der Waals surface area (Å²) in [5.74, 6) is -3.46. The highest BCUT2D eigenvalue weighted by atomic mass is 19.1. The summed E-state index contributed by atoms with van der Waals surface area (Å²) in [6, 6.07) is 1.02. The zero-order valence-electron chi connectivity index (χ0n) is 11.1. The van der Waals surface area contributed by atoms with Crippen molar-refractivity contribution in [2.45, 2.75) is 6.92 Å². The van der Waals surface area contributed by atoms with Crippen molar-refractivity contribution in [3.63, 3.8) is 0 Å². The number of nitrogens with one attached hydrogen (secondary N) is 1. The van der Waals surface area contributed by atoms with Crippen LogP contribution in [0.5, 0.6) is 0 Å². The number of amides is 1. The molecule has 21 heavy (non-hydrogen) atoms. The number of aryl methyl sites for hydroxylation is 2. The third kappa shape index (κ3) is 2.86. The standard InChI is InChI=1S/C12H10F2N4O3/c1-6-9(5-17(2)16-6)15-12(19)8-3-7(13)4-10(11(8)14)18(20)21/h3-5H,1-2H3,(H,15,19). The van der Waals surface area contributed by atoms with Gasteiger partial charge < -0.3 is 5.32 Å². The lowest BCUT2D eigenvalue weighted by Crippen LogP contribution is -2.15. The fraction of sp³-hybridized carbons (Fsp3) is 0.167. The number of hydrogen-bond donors (Lipinski definition) is 1. The van der Waals surface area contributed by atoms with Gasteiger partial charge >= 0.3 is 5.69 Å². The molecule has 0 aliphatic rings. The zero-order chi connectivity index (χ0) is 15.7. The number of nitro groups is 1. The lowest BCUT2D eigenvalue weighted by Gasteiger charge is -2.05. The molecule has 7 nitrogen and oxygen atoms in total. The van der Waals surface area contributed by atoms with Crippen LogP contribution in [0.25, 0.3) is 0 Å². The van der Waals surface area contributed by atoms with Gasteiger partial charge in [-0.3, -0.25) is 19.6 Å². The summed E-state index contributed by atoms with van der Waals surface area (Å²) >= 11 is 0. The Hall–Kier alpha value is -2.84. The molecule has 1 amide bonds. The summed E-state index contributed by atoms with van der Waals surface area (Å²) < 4.78 is 28.6. The van der Waals surface area contributed by atoms with Crippen LogP contribution in [0.2, 0.25) is 0 Å². The quantitative estimate of drug-likeness (QED) is 0.694. The number of aromatic nitrogens is 2. The van der Waals surface area contributed by atoms with Gasteiger partial charge in [0.15, 0.2) is 0 Å². The maximum atomic E-state index is 13.9. The van der Waals surface area contributed by atoms with Crippen molar-refractivity contribution < 1.29 is 18.5 Å². The third-order valence-electron chi connectivity index (χ3n) is 2.72. The Balaban J connectivity index is 2.40. The van der Waals surface area contributed by atoms with Gasteiger partial charge in [0.05, 0.1) is 27.9 Å². The Kier molecular flexibility index (Phi) is 3.66. The van der Waals surface area contributed by atoms with Gasteiger partial charge in [-0.1, -0.05) is 0 Å². The van der Waals surface area contributed by atoms with Crippen molar-refractivity contribution >= 4 is 17.3 Å². The molecule has 2 aromatic rings. The summed E-state index contributed by atoms with van der Waals surface area (Å²) in [5.41, 5.74) is -1.07. The molecule has 9 heteroatoms. The van der Waals surface area contributed by atoms with Gasteiger partial charge in [0, 0.05) is 13.2 Å². The average Bonchev–Trinajstić information content (AvgIpc) is 2.69. The Morgan fingerprint density at radius 1 is 1.43 bits per heavy atom. The normalized spacial score (nSPS) is 10.5. The SMILES string of the molecule is Cc1nn(C)cc1NC(=O)c1cc(F)cc([N+](=O)[O-])c1F. The Morgan fingerprint density at radius 3 is 2.62 bits per heavy atom. The summed E-state index contributed by atoms with van der Waals surface area (Å²) in [4.78, 5) is 21.5. The minimum atomic E-state index is -1.39. The summed E-state index contributed by atoms with van der Waals surface area (Å²) in [7, 11) is 1.62. The van der Waals surface area contributed by atoms with Gasteiger partial charge in [0.1, 0.15) is 5.82 Å². The van der Waals surface area contributed by atoms with Crippen LogP contribution >= 0.6 is 0 Å². The van der Waals surface area contributed by atoms with Gasteiger partial charge in [0.25, 0.3) is 5.91 Å². The molecule has 1 heterocycles. The van der Waals surface area contributed by atoms with Gasteiger partial charge in [-0.15, -0.1) is 0 Å². The number of anilines is 1. The molecular weight excluding hydrogens is 286 g/mol. The van der Waals surface area contributed by atoms with Crippen LogP contribution in [-0.4, -0.2) is 20.6 Å². The maximum Gasteiger partial charge on any atom is 0.308 e. The highest BCUT2D eigenvalue weighted by Crippen LogP contribution is 2.23. The van der Waals surface area contributed by atoms with Gasteiger partial charge in [-0.2, -0.15) is 9.49 Å². The molecule has 1 aromatic heterocycles. The van der Waals surface area contributed by atoms with E-state index in [9.17, 15) is 23.7 Å². The fourth-order valence-corrected chi connectivity index (χ4v) is 1.78. The van der Waals surface area contributed by atoms with E-state index in [1.54, 1.807) is 14.0 Å². The van der Waals surface area contributed by atoms with Gasteiger partial charge in [-0.05, 0) is 13.0 Å². The van der Waals surface area contributed by atoms with Gasteiger partial charge in [0.2, 0.25) is 5.82 Å². The number of rotatable bonds is 3. The Labute approximate surface area is 117 Å². The van der Waals surface area contributed by atoms with E-state index < -0.39 is 33.7 Å². The second-order valence-electron chi connectivity index (χ2n) is 4.30. The molecule has 0 spiro atoms. The molecule has 0 saturated heterocycles. The van der Waals surface area contributed by atoms with Crippen LogP contribution in [-0.2, 0) is 7.05 Å². The van der Waals surface area contributed by atoms with Crippen molar-refractivity contribution in [3.05, 3.63) is 51.3 Å². The first kappa shape index (κ1) is 14.6. The van der Waals surface area contributed by atoms with Crippen molar-refractivity contribution in [2.75, 3.05) is 5.32 Å². The van der Waals surface area contributed by atoms with Crippen LogP contribution < -0.4 is 5.32 Å². The molecule has 0 bridgehead atoms. The lowest BCUT2D eigenvalue weighted by molar-refractivity contribution is -0.387. The van der Waals surface area contributed by atoms with E-state index in [4.69, 9.17) is 0 Å². The second kappa shape index (κ2) is 5.27. The first-order valence-electron chi connectivity index (χ1n) is 5.74. The largest absolute Gasteiger partial charge is 0.319 e. The molecule has 0 saturated carbocycles. The maximum absolute atomic E-state index is 13.9. The van der Waals surface area contributed by atoms with Crippen molar-refractivity contribution in [1.29, 1.82) is 0 Å². The highest BCUT2D eigenvalue weighted by Gasteiger charge is 2.24. The molecule has 0 aliphatic carbocycles. The molecule has 0 atom stereocenters. The predicted molar refractivity (Wildman–Crippen MR) is 68.9 cm³/mol. The van der Waals surface area contributed by atoms with Crippen molar-refractivity contribution in [1.82, 2.24) is 9.78 Å².